The average Bonchev–Trinajstić information content (AvgIpc) is 3.21. The quantitative estimate of drug-likeness (QED) is 0.562. The Bertz CT molecular complexity index is 881. The van der Waals surface area contributed by atoms with E-state index in [0.29, 0.717) is 30.7 Å². The molecule has 9 heteroatoms. The Balaban J connectivity index is 1.60. The third-order valence-electron chi connectivity index (χ3n) is 3.65. The first-order valence-electron chi connectivity index (χ1n) is 8.50. The van der Waals surface area contributed by atoms with E-state index in [1.54, 1.807) is 41.5 Å². The van der Waals surface area contributed by atoms with E-state index >= 15 is 0 Å². The van der Waals surface area contributed by atoms with Gasteiger partial charge in [-0.3, -0.25) is 9.36 Å². The highest BCUT2D eigenvalue weighted by Crippen LogP contribution is 2.13. The van der Waals surface area contributed by atoms with E-state index < -0.39 is 0 Å². The SMILES string of the molecule is CCNc1nc(NCC(=O)NCc2ccc(F)cc2)cc(-n2ccnc2)n1. The number of aromatic nitrogens is 4. The normalized spacial score (nSPS) is 10.4. The summed E-state index contributed by atoms with van der Waals surface area (Å²) in [6.07, 6.45) is 5.07. The Hall–Kier alpha value is -3.49. The highest BCUT2D eigenvalue weighted by atomic mass is 19.1. The molecule has 0 bridgehead atoms. The zero-order valence-corrected chi connectivity index (χ0v) is 14.8. The third kappa shape index (κ3) is 5.24. The van der Waals surface area contributed by atoms with Crippen molar-refractivity contribution in [1.82, 2.24) is 24.8 Å². The molecule has 1 amide bonds. The van der Waals surface area contributed by atoms with Crippen molar-refractivity contribution in [3.05, 3.63) is 60.4 Å². The van der Waals surface area contributed by atoms with E-state index in [4.69, 9.17) is 0 Å². The summed E-state index contributed by atoms with van der Waals surface area (Å²) >= 11 is 0. The molecule has 3 N–H and O–H groups in total. The van der Waals surface area contributed by atoms with Crippen LogP contribution in [-0.4, -0.2) is 38.5 Å². The van der Waals surface area contributed by atoms with Gasteiger partial charge in [-0.15, -0.1) is 0 Å². The molecule has 0 fully saturated rings. The fourth-order valence-corrected chi connectivity index (χ4v) is 2.33. The molecule has 27 heavy (non-hydrogen) atoms. The van der Waals surface area contributed by atoms with Crippen molar-refractivity contribution in [2.24, 2.45) is 0 Å². The first-order chi connectivity index (χ1) is 13.1. The van der Waals surface area contributed by atoms with Crippen LogP contribution in [0.15, 0.2) is 49.1 Å². The number of anilines is 2. The molecule has 0 aliphatic rings. The second-order valence-electron chi connectivity index (χ2n) is 5.69. The van der Waals surface area contributed by atoms with Crippen molar-refractivity contribution >= 4 is 17.7 Å². The van der Waals surface area contributed by atoms with Crippen LogP contribution < -0.4 is 16.0 Å². The fraction of sp³-hybridized carbons (Fsp3) is 0.222. The minimum Gasteiger partial charge on any atom is -0.361 e. The van der Waals surface area contributed by atoms with Crippen LogP contribution in [0.4, 0.5) is 16.2 Å². The summed E-state index contributed by atoms with van der Waals surface area (Å²) in [6.45, 7) is 2.99. The van der Waals surface area contributed by atoms with Crippen molar-refractivity contribution in [2.45, 2.75) is 13.5 Å². The summed E-state index contributed by atoms with van der Waals surface area (Å²) < 4.78 is 14.6. The predicted molar refractivity (Wildman–Crippen MR) is 100 cm³/mol. The van der Waals surface area contributed by atoms with Crippen LogP contribution >= 0.6 is 0 Å². The van der Waals surface area contributed by atoms with Gasteiger partial charge in [0.25, 0.3) is 0 Å². The maximum atomic E-state index is 12.9. The zero-order valence-electron chi connectivity index (χ0n) is 14.8. The number of benzene rings is 1. The lowest BCUT2D eigenvalue weighted by Gasteiger charge is -2.11. The highest BCUT2D eigenvalue weighted by molar-refractivity contribution is 5.80. The summed E-state index contributed by atoms with van der Waals surface area (Å²) in [5.41, 5.74) is 0.823. The van der Waals surface area contributed by atoms with E-state index in [-0.39, 0.29) is 18.3 Å². The molecule has 3 aromatic rings. The van der Waals surface area contributed by atoms with Crippen LogP contribution in [0.25, 0.3) is 5.82 Å². The van der Waals surface area contributed by atoms with Gasteiger partial charge in [-0.25, -0.2) is 9.37 Å². The van der Waals surface area contributed by atoms with Crippen molar-refractivity contribution in [2.75, 3.05) is 23.7 Å². The molecule has 1 aromatic carbocycles. The Kier molecular flexibility index (Phi) is 5.93. The van der Waals surface area contributed by atoms with Crippen LogP contribution in [0, 0.1) is 5.82 Å². The van der Waals surface area contributed by atoms with Crippen LogP contribution in [0.5, 0.6) is 0 Å². The van der Waals surface area contributed by atoms with E-state index in [9.17, 15) is 9.18 Å². The van der Waals surface area contributed by atoms with Crippen molar-refractivity contribution < 1.29 is 9.18 Å². The third-order valence-corrected chi connectivity index (χ3v) is 3.65. The number of hydrogen-bond acceptors (Lipinski definition) is 6. The number of carbonyl (C=O) groups excluding carboxylic acids is 1. The Labute approximate surface area is 155 Å². The lowest BCUT2D eigenvalue weighted by Crippen LogP contribution is -2.29. The summed E-state index contributed by atoms with van der Waals surface area (Å²) in [6, 6.07) is 7.72. The Morgan fingerprint density at radius 3 is 2.70 bits per heavy atom. The number of nitrogens with zero attached hydrogens (tertiary/aromatic N) is 4. The van der Waals surface area contributed by atoms with Gasteiger partial charge in [0.05, 0.1) is 6.54 Å². The lowest BCUT2D eigenvalue weighted by atomic mass is 10.2. The molecule has 140 valence electrons. The molecule has 0 aliphatic heterocycles. The first-order valence-corrected chi connectivity index (χ1v) is 8.50. The second kappa shape index (κ2) is 8.75. The molecular formula is C18H20FN7O. The molecule has 2 heterocycles. The minimum absolute atomic E-state index is 0.0488. The molecule has 0 aliphatic carbocycles. The van der Waals surface area contributed by atoms with E-state index in [1.165, 1.54) is 12.1 Å². The van der Waals surface area contributed by atoms with Gasteiger partial charge in [-0.2, -0.15) is 9.97 Å². The predicted octanol–water partition coefficient (Wildman–Crippen LogP) is 1.96. The summed E-state index contributed by atoms with van der Waals surface area (Å²) in [4.78, 5) is 24.8. The number of rotatable bonds is 8. The van der Waals surface area contributed by atoms with Crippen LogP contribution in [0.3, 0.4) is 0 Å². The Morgan fingerprint density at radius 2 is 2.00 bits per heavy atom. The van der Waals surface area contributed by atoms with E-state index in [2.05, 4.69) is 30.9 Å². The van der Waals surface area contributed by atoms with E-state index in [0.717, 1.165) is 5.56 Å². The number of imidazole rings is 1. The average molecular weight is 369 g/mol. The van der Waals surface area contributed by atoms with Crippen LogP contribution in [0.1, 0.15) is 12.5 Å². The zero-order chi connectivity index (χ0) is 19.1. The summed E-state index contributed by atoms with van der Waals surface area (Å²) in [5.74, 6) is 1.10. The molecule has 0 unspecified atom stereocenters. The molecule has 0 atom stereocenters. The Morgan fingerprint density at radius 1 is 1.19 bits per heavy atom. The number of carbonyl (C=O) groups is 1. The topological polar surface area (TPSA) is 96.8 Å². The van der Waals surface area contributed by atoms with Gasteiger partial charge in [-0.1, -0.05) is 12.1 Å². The molecule has 3 rings (SSSR count). The number of amides is 1. The van der Waals surface area contributed by atoms with Crippen molar-refractivity contribution in [3.63, 3.8) is 0 Å². The van der Waals surface area contributed by atoms with Gasteiger partial charge in [0.1, 0.15) is 23.8 Å². The molecule has 2 aromatic heterocycles. The maximum Gasteiger partial charge on any atom is 0.239 e. The van der Waals surface area contributed by atoms with Crippen LogP contribution in [0.2, 0.25) is 0 Å². The smallest absolute Gasteiger partial charge is 0.239 e. The van der Waals surface area contributed by atoms with Crippen LogP contribution in [-0.2, 0) is 11.3 Å². The van der Waals surface area contributed by atoms with Gasteiger partial charge >= 0.3 is 0 Å². The monoisotopic (exact) mass is 369 g/mol. The number of nitrogens with one attached hydrogen (secondary N) is 3. The number of halogens is 1. The number of hydrogen-bond donors (Lipinski definition) is 3. The van der Waals surface area contributed by atoms with Gasteiger partial charge in [-0.05, 0) is 24.6 Å². The molecule has 0 saturated heterocycles. The summed E-state index contributed by atoms with van der Waals surface area (Å²) in [5, 5.41) is 8.83. The standard InChI is InChI=1S/C18H20FN7O/c1-2-21-18-24-15(9-16(25-18)26-8-7-20-12-26)22-11-17(27)23-10-13-3-5-14(19)6-4-13/h3-9,12H,2,10-11H2,1H3,(H,23,27)(H2,21,22,24,25). The van der Waals surface area contributed by atoms with Gasteiger partial charge < -0.3 is 16.0 Å². The second-order valence-corrected chi connectivity index (χ2v) is 5.69. The molecular weight excluding hydrogens is 349 g/mol. The summed E-state index contributed by atoms with van der Waals surface area (Å²) in [7, 11) is 0. The lowest BCUT2D eigenvalue weighted by molar-refractivity contribution is -0.119. The van der Waals surface area contributed by atoms with Gasteiger partial charge in [0.15, 0.2) is 0 Å². The molecule has 0 radical (unpaired) electrons. The molecule has 0 saturated carbocycles. The van der Waals surface area contributed by atoms with Gasteiger partial charge in [0, 0.05) is 31.5 Å². The van der Waals surface area contributed by atoms with Crippen molar-refractivity contribution in [3.8, 4) is 5.82 Å². The largest absolute Gasteiger partial charge is 0.361 e. The van der Waals surface area contributed by atoms with Crippen molar-refractivity contribution in [1.29, 1.82) is 0 Å². The molecule has 0 spiro atoms. The van der Waals surface area contributed by atoms with E-state index in [1.807, 2.05) is 6.92 Å². The molecule has 8 nitrogen and oxygen atoms in total. The highest BCUT2D eigenvalue weighted by Gasteiger charge is 2.08. The van der Waals surface area contributed by atoms with Gasteiger partial charge in [0.2, 0.25) is 11.9 Å². The maximum absolute atomic E-state index is 12.9. The first kappa shape index (κ1) is 18.3. The minimum atomic E-state index is -0.305. The fourth-order valence-electron chi connectivity index (χ4n) is 2.33.